The summed E-state index contributed by atoms with van der Waals surface area (Å²) in [4.78, 5) is 15.2. The van der Waals surface area contributed by atoms with E-state index in [1.807, 2.05) is 0 Å². The predicted molar refractivity (Wildman–Crippen MR) is 58.1 cm³/mol. The molecule has 5 nitrogen and oxygen atoms in total. The molecule has 0 bridgehead atoms. The summed E-state index contributed by atoms with van der Waals surface area (Å²) in [5, 5.41) is 20.8. The molecule has 2 aromatic rings. The molecule has 5 heteroatoms. The number of carboxylic acid groups (broad SMARTS) is 1. The van der Waals surface area contributed by atoms with Crippen molar-refractivity contribution in [2.45, 2.75) is 0 Å². The fourth-order valence-electron chi connectivity index (χ4n) is 1.50. The zero-order chi connectivity index (χ0) is 11.5. The average Bonchev–Trinajstić information content (AvgIpc) is 2.28. The number of fused-ring (bicyclic) bond motifs is 1. The highest BCUT2D eigenvalue weighted by atomic mass is 16.4. The van der Waals surface area contributed by atoms with Crippen molar-refractivity contribution in [1.29, 1.82) is 0 Å². The van der Waals surface area contributed by atoms with Gasteiger partial charge in [0.05, 0.1) is 23.0 Å². The molecule has 0 unspecified atom stereocenters. The van der Waals surface area contributed by atoms with Crippen LogP contribution in [0.3, 0.4) is 0 Å². The van der Waals surface area contributed by atoms with Crippen LogP contribution >= 0.6 is 0 Å². The van der Waals surface area contributed by atoms with Gasteiger partial charge in [-0.3, -0.25) is 0 Å². The van der Waals surface area contributed by atoms with E-state index in [0.29, 0.717) is 16.6 Å². The van der Waals surface area contributed by atoms with Gasteiger partial charge in [-0.2, -0.15) is 0 Å². The Morgan fingerprint density at radius 3 is 2.81 bits per heavy atom. The molecule has 1 heterocycles. The van der Waals surface area contributed by atoms with E-state index in [9.17, 15) is 4.79 Å². The van der Waals surface area contributed by atoms with Crippen molar-refractivity contribution >= 4 is 23.1 Å². The van der Waals surface area contributed by atoms with Crippen LogP contribution in [0.25, 0.3) is 10.9 Å². The molecule has 80 valence electrons. The number of rotatable bonds is 2. The third kappa shape index (κ3) is 1.70. The number of oxime groups is 1. The van der Waals surface area contributed by atoms with Gasteiger partial charge in [0.25, 0.3) is 0 Å². The fourth-order valence-corrected chi connectivity index (χ4v) is 1.50. The van der Waals surface area contributed by atoms with Gasteiger partial charge in [-0.05, 0) is 12.1 Å². The number of hydrogen-bond donors (Lipinski definition) is 2. The molecule has 0 aliphatic carbocycles. The summed E-state index contributed by atoms with van der Waals surface area (Å²) < 4.78 is 0. The largest absolute Gasteiger partial charge is 0.478 e. The maximum absolute atomic E-state index is 11.0. The number of benzene rings is 1. The predicted octanol–water partition coefficient (Wildman–Crippen LogP) is 1.74. The van der Waals surface area contributed by atoms with Crippen LogP contribution in [0.5, 0.6) is 0 Å². The van der Waals surface area contributed by atoms with Crippen molar-refractivity contribution < 1.29 is 15.1 Å². The number of pyridine rings is 1. The lowest BCUT2D eigenvalue weighted by molar-refractivity contribution is 0.0699. The average molecular weight is 216 g/mol. The molecule has 0 atom stereocenters. The molecule has 0 radical (unpaired) electrons. The Morgan fingerprint density at radius 2 is 2.12 bits per heavy atom. The van der Waals surface area contributed by atoms with Gasteiger partial charge in [-0.25, -0.2) is 9.78 Å². The molecule has 1 aromatic heterocycles. The number of nitrogens with zero attached hydrogens (tertiary/aromatic N) is 2. The summed E-state index contributed by atoms with van der Waals surface area (Å²) in [6, 6.07) is 8.27. The molecule has 0 fully saturated rings. The lowest BCUT2D eigenvalue weighted by Crippen LogP contribution is -2.01. The molecule has 1 aromatic carbocycles. The molecule has 16 heavy (non-hydrogen) atoms. The first kappa shape index (κ1) is 10.1. The van der Waals surface area contributed by atoms with Crippen molar-refractivity contribution in [3.8, 4) is 0 Å². The van der Waals surface area contributed by atoms with Gasteiger partial charge >= 0.3 is 5.97 Å². The van der Waals surface area contributed by atoms with Gasteiger partial charge in [-0.15, -0.1) is 0 Å². The minimum atomic E-state index is -1.04. The van der Waals surface area contributed by atoms with Gasteiger partial charge < -0.3 is 10.3 Å². The zero-order valence-electron chi connectivity index (χ0n) is 8.16. The van der Waals surface area contributed by atoms with E-state index in [0.717, 1.165) is 6.21 Å². The molecule has 0 aliphatic heterocycles. The van der Waals surface area contributed by atoms with E-state index < -0.39 is 5.97 Å². The second kappa shape index (κ2) is 3.98. The van der Waals surface area contributed by atoms with Crippen LogP contribution in [0, 0.1) is 0 Å². The number of aromatic carboxylic acids is 1. The molecule has 0 amide bonds. The highest BCUT2D eigenvalue weighted by molar-refractivity contribution is 6.04. The van der Waals surface area contributed by atoms with Crippen molar-refractivity contribution in [3.05, 3.63) is 41.6 Å². The zero-order valence-corrected chi connectivity index (χ0v) is 8.16. The van der Waals surface area contributed by atoms with E-state index in [1.54, 1.807) is 24.3 Å². The molecule has 0 saturated carbocycles. The Balaban J connectivity index is 2.78. The van der Waals surface area contributed by atoms with Crippen LogP contribution < -0.4 is 0 Å². The van der Waals surface area contributed by atoms with Gasteiger partial charge in [0.1, 0.15) is 0 Å². The van der Waals surface area contributed by atoms with Crippen LogP contribution in [0.4, 0.5) is 0 Å². The Labute approximate surface area is 90.7 Å². The normalized spacial score (nSPS) is 11.0. The van der Waals surface area contributed by atoms with Gasteiger partial charge in [-0.1, -0.05) is 23.4 Å². The minimum Gasteiger partial charge on any atom is -0.478 e. The first-order valence-corrected chi connectivity index (χ1v) is 4.53. The van der Waals surface area contributed by atoms with E-state index in [1.165, 1.54) is 6.07 Å². The summed E-state index contributed by atoms with van der Waals surface area (Å²) >= 11 is 0. The standard InChI is InChI=1S/C11H8N2O3/c14-11(15)9-5-7(6-12-16)13-10-4-2-1-3-8(9)10/h1-6,16H,(H,14,15)/b12-6+. The third-order valence-corrected chi connectivity index (χ3v) is 2.16. The first-order valence-electron chi connectivity index (χ1n) is 4.53. The molecule has 0 saturated heterocycles. The molecule has 2 rings (SSSR count). The minimum absolute atomic E-state index is 0.139. The fraction of sp³-hybridized carbons (Fsp3) is 0. The van der Waals surface area contributed by atoms with Crippen molar-refractivity contribution in [2.24, 2.45) is 5.16 Å². The lowest BCUT2D eigenvalue weighted by Gasteiger charge is -2.02. The summed E-state index contributed by atoms with van der Waals surface area (Å²) in [7, 11) is 0. The first-order chi connectivity index (χ1) is 7.72. The van der Waals surface area contributed by atoms with E-state index in [2.05, 4.69) is 10.1 Å². The molecule has 2 N–H and O–H groups in total. The maximum atomic E-state index is 11.0. The number of carboxylic acids is 1. The van der Waals surface area contributed by atoms with E-state index >= 15 is 0 Å². The maximum Gasteiger partial charge on any atom is 0.336 e. The monoisotopic (exact) mass is 216 g/mol. The van der Waals surface area contributed by atoms with Crippen LogP contribution in [-0.4, -0.2) is 27.5 Å². The van der Waals surface area contributed by atoms with Crippen LogP contribution in [-0.2, 0) is 0 Å². The Morgan fingerprint density at radius 1 is 1.38 bits per heavy atom. The van der Waals surface area contributed by atoms with Gasteiger partial charge in [0.2, 0.25) is 0 Å². The number of para-hydroxylation sites is 1. The second-order valence-corrected chi connectivity index (χ2v) is 3.16. The molecule has 0 spiro atoms. The van der Waals surface area contributed by atoms with Crippen LogP contribution in [0.2, 0.25) is 0 Å². The number of carbonyl (C=O) groups is 1. The number of aromatic nitrogens is 1. The van der Waals surface area contributed by atoms with Gasteiger partial charge in [0, 0.05) is 5.39 Å². The summed E-state index contributed by atoms with van der Waals surface area (Å²) in [6.07, 6.45) is 1.10. The van der Waals surface area contributed by atoms with Crippen LogP contribution in [0.15, 0.2) is 35.5 Å². The number of hydrogen-bond acceptors (Lipinski definition) is 4. The van der Waals surface area contributed by atoms with Crippen molar-refractivity contribution in [1.82, 2.24) is 4.98 Å². The Hall–Kier alpha value is -2.43. The van der Waals surface area contributed by atoms with Crippen molar-refractivity contribution in [3.63, 3.8) is 0 Å². The summed E-state index contributed by atoms with van der Waals surface area (Å²) in [5.41, 5.74) is 0.997. The van der Waals surface area contributed by atoms with E-state index in [-0.39, 0.29) is 5.56 Å². The lowest BCUT2D eigenvalue weighted by atomic mass is 10.1. The molecular weight excluding hydrogens is 208 g/mol. The van der Waals surface area contributed by atoms with E-state index in [4.69, 9.17) is 10.3 Å². The Kier molecular flexibility index (Phi) is 2.51. The quantitative estimate of drug-likeness (QED) is 0.455. The highest BCUT2D eigenvalue weighted by Gasteiger charge is 2.10. The Bertz CT molecular complexity index is 578. The van der Waals surface area contributed by atoms with Crippen molar-refractivity contribution in [2.75, 3.05) is 0 Å². The summed E-state index contributed by atoms with van der Waals surface area (Å²) in [5.74, 6) is -1.04. The molecule has 0 aliphatic rings. The summed E-state index contributed by atoms with van der Waals surface area (Å²) in [6.45, 7) is 0. The smallest absolute Gasteiger partial charge is 0.336 e. The highest BCUT2D eigenvalue weighted by Crippen LogP contribution is 2.17. The topological polar surface area (TPSA) is 82.8 Å². The third-order valence-electron chi connectivity index (χ3n) is 2.16. The SMILES string of the molecule is O=C(O)c1cc(/C=N/O)nc2ccccc12. The molecular formula is C11H8N2O3. The van der Waals surface area contributed by atoms with Crippen LogP contribution in [0.1, 0.15) is 16.1 Å². The second-order valence-electron chi connectivity index (χ2n) is 3.16. The van der Waals surface area contributed by atoms with Gasteiger partial charge in [0.15, 0.2) is 0 Å².